The summed E-state index contributed by atoms with van der Waals surface area (Å²) < 4.78 is 23.4. The molecule has 1 aromatic heterocycles. The van der Waals surface area contributed by atoms with Crippen molar-refractivity contribution in [1.82, 2.24) is 11.1 Å². The normalized spacial score (nSPS) is 9.36. The first-order valence-corrected chi connectivity index (χ1v) is 2.97. The molecule has 0 amide bonds. The third-order valence-corrected chi connectivity index (χ3v) is 1.09. The summed E-state index contributed by atoms with van der Waals surface area (Å²) in [6, 6.07) is 4.99. The number of hydrogen-bond acceptors (Lipinski definition) is 2. The van der Waals surface area contributed by atoms with Crippen LogP contribution < -0.4 is 6.15 Å². The number of hydrogen-bond donors (Lipinski definition) is 1. The van der Waals surface area contributed by atoms with Gasteiger partial charge in [-0.25, -0.2) is 8.78 Å². The predicted molar refractivity (Wildman–Crippen MR) is 39.0 cm³/mol. The quantitative estimate of drug-likeness (QED) is 0.719. The van der Waals surface area contributed by atoms with E-state index in [1.54, 1.807) is 18.2 Å². The smallest absolute Gasteiger partial charge is 0.244 e. The highest BCUT2D eigenvalue weighted by Crippen LogP contribution is 2.02. The third-order valence-electron chi connectivity index (χ3n) is 1.09. The molecular weight excluding hydrogens is 150 g/mol. The highest BCUT2D eigenvalue weighted by Gasteiger charge is 2.03. The van der Waals surface area contributed by atoms with Crippen molar-refractivity contribution in [2.75, 3.05) is 0 Å². The Kier molecular flexibility index (Phi) is 4.29. The maximum absolute atomic E-state index is 11.7. The number of pyridine rings is 1. The highest BCUT2D eigenvalue weighted by molar-refractivity contribution is 5.03. The second-order valence-electron chi connectivity index (χ2n) is 1.92. The SMILES string of the molecule is FC(F)Cc1ccccn1.N. The fourth-order valence-electron chi connectivity index (χ4n) is 0.677. The molecule has 0 saturated heterocycles. The molecule has 1 rings (SSSR count). The number of alkyl halides is 2. The Morgan fingerprint density at radius 2 is 2.09 bits per heavy atom. The van der Waals surface area contributed by atoms with Gasteiger partial charge in [0.15, 0.2) is 0 Å². The summed E-state index contributed by atoms with van der Waals surface area (Å²) in [6.07, 6.45) is -1.03. The van der Waals surface area contributed by atoms with E-state index in [1.165, 1.54) is 6.20 Å². The highest BCUT2D eigenvalue weighted by atomic mass is 19.3. The molecule has 0 spiro atoms. The summed E-state index contributed by atoms with van der Waals surface area (Å²) in [4.78, 5) is 3.74. The molecule has 0 unspecified atom stereocenters. The molecular formula is C7H10F2N2. The lowest BCUT2D eigenvalue weighted by molar-refractivity contribution is 0.148. The van der Waals surface area contributed by atoms with Crippen molar-refractivity contribution in [2.24, 2.45) is 0 Å². The Morgan fingerprint density at radius 3 is 2.55 bits per heavy atom. The molecule has 1 aromatic rings. The van der Waals surface area contributed by atoms with Gasteiger partial charge in [0.1, 0.15) is 0 Å². The van der Waals surface area contributed by atoms with E-state index in [1.807, 2.05) is 0 Å². The molecule has 0 bridgehead atoms. The van der Waals surface area contributed by atoms with Crippen LogP contribution in [-0.4, -0.2) is 11.4 Å². The molecule has 0 radical (unpaired) electrons. The lowest BCUT2D eigenvalue weighted by atomic mass is 10.3. The average molecular weight is 160 g/mol. The van der Waals surface area contributed by atoms with Crippen LogP contribution in [-0.2, 0) is 6.42 Å². The Bertz CT molecular complexity index is 189. The van der Waals surface area contributed by atoms with Crippen LogP contribution in [0.25, 0.3) is 0 Å². The minimum atomic E-state index is -2.30. The van der Waals surface area contributed by atoms with E-state index in [9.17, 15) is 8.78 Å². The van der Waals surface area contributed by atoms with E-state index < -0.39 is 6.43 Å². The van der Waals surface area contributed by atoms with E-state index >= 15 is 0 Å². The van der Waals surface area contributed by atoms with Crippen LogP contribution in [0.5, 0.6) is 0 Å². The van der Waals surface area contributed by atoms with Crippen molar-refractivity contribution >= 4 is 0 Å². The van der Waals surface area contributed by atoms with Crippen molar-refractivity contribution in [3.63, 3.8) is 0 Å². The second-order valence-corrected chi connectivity index (χ2v) is 1.92. The molecule has 0 saturated carbocycles. The standard InChI is InChI=1S/C7H7F2N.H3N/c8-7(9)5-6-3-1-2-4-10-6;/h1-4,7H,5H2;1H3. The summed E-state index contributed by atoms with van der Waals surface area (Å²) in [7, 11) is 0. The second kappa shape index (κ2) is 4.73. The predicted octanol–water partition coefficient (Wildman–Crippen LogP) is 2.05. The lowest BCUT2D eigenvalue weighted by Gasteiger charge is -1.95. The summed E-state index contributed by atoms with van der Waals surface area (Å²) in [5.74, 6) is 0. The topological polar surface area (TPSA) is 47.9 Å². The molecule has 3 N–H and O–H groups in total. The van der Waals surface area contributed by atoms with Crippen molar-refractivity contribution in [3.05, 3.63) is 30.1 Å². The molecule has 11 heavy (non-hydrogen) atoms. The van der Waals surface area contributed by atoms with Gasteiger partial charge < -0.3 is 6.15 Å². The first-order valence-electron chi connectivity index (χ1n) is 2.97. The molecule has 0 fully saturated rings. The Balaban J connectivity index is 0.000001000. The van der Waals surface area contributed by atoms with E-state index in [-0.39, 0.29) is 12.6 Å². The Labute approximate surface area is 63.8 Å². The zero-order valence-corrected chi connectivity index (χ0v) is 6.00. The van der Waals surface area contributed by atoms with Gasteiger partial charge in [-0.15, -0.1) is 0 Å². The molecule has 0 aliphatic heterocycles. The third kappa shape index (κ3) is 3.62. The van der Waals surface area contributed by atoms with Crippen LogP contribution in [0, 0.1) is 0 Å². The fourth-order valence-corrected chi connectivity index (χ4v) is 0.677. The fraction of sp³-hybridized carbons (Fsp3) is 0.286. The summed E-state index contributed by atoms with van der Waals surface area (Å²) in [6.45, 7) is 0. The van der Waals surface area contributed by atoms with Gasteiger partial charge >= 0.3 is 0 Å². The van der Waals surface area contributed by atoms with Crippen LogP contribution in [0.3, 0.4) is 0 Å². The van der Waals surface area contributed by atoms with Crippen LogP contribution >= 0.6 is 0 Å². The molecule has 0 atom stereocenters. The molecule has 2 nitrogen and oxygen atoms in total. The first kappa shape index (κ1) is 9.97. The van der Waals surface area contributed by atoms with Crippen LogP contribution in [0.15, 0.2) is 24.4 Å². The Morgan fingerprint density at radius 1 is 1.36 bits per heavy atom. The zero-order chi connectivity index (χ0) is 7.40. The minimum Gasteiger partial charge on any atom is -0.344 e. The molecule has 1 heterocycles. The van der Waals surface area contributed by atoms with Gasteiger partial charge in [-0.3, -0.25) is 4.98 Å². The van der Waals surface area contributed by atoms with E-state index in [0.29, 0.717) is 5.69 Å². The van der Waals surface area contributed by atoms with Gasteiger partial charge in [-0.05, 0) is 12.1 Å². The van der Waals surface area contributed by atoms with Gasteiger partial charge in [0, 0.05) is 11.9 Å². The summed E-state index contributed by atoms with van der Waals surface area (Å²) in [5.41, 5.74) is 0.442. The van der Waals surface area contributed by atoms with Gasteiger partial charge in [-0.1, -0.05) is 6.07 Å². The van der Waals surface area contributed by atoms with Crippen molar-refractivity contribution < 1.29 is 8.78 Å². The number of aromatic nitrogens is 1. The van der Waals surface area contributed by atoms with Gasteiger partial charge in [0.2, 0.25) is 6.43 Å². The zero-order valence-electron chi connectivity index (χ0n) is 6.00. The van der Waals surface area contributed by atoms with Crippen LogP contribution in [0.1, 0.15) is 5.69 Å². The molecule has 4 heteroatoms. The number of halogens is 2. The monoisotopic (exact) mass is 160 g/mol. The summed E-state index contributed by atoms with van der Waals surface area (Å²) in [5, 5.41) is 0. The van der Waals surface area contributed by atoms with E-state index in [2.05, 4.69) is 4.98 Å². The minimum absolute atomic E-state index is 0. The Hall–Kier alpha value is -1.03. The molecule has 0 aliphatic carbocycles. The largest absolute Gasteiger partial charge is 0.344 e. The molecule has 0 aliphatic rings. The van der Waals surface area contributed by atoms with Gasteiger partial charge in [0.25, 0.3) is 0 Å². The van der Waals surface area contributed by atoms with Crippen molar-refractivity contribution in [2.45, 2.75) is 12.8 Å². The van der Waals surface area contributed by atoms with Crippen LogP contribution in [0.4, 0.5) is 8.78 Å². The van der Waals surface area contributed by atoms with Crippen molar-refractivity contribution in [1.29, 1.82) is 0 Å². The van der Waals surface area contributed by atoms with Crippen LogP contribution in [0.2, 0.25) is 0 Å². The number of rotatable bonds is 2. The first-order chi connectivity index (χ1) is 4.79. The maximum atomic E-state index is 11.7. The summed E-state index contributed by atoms with van der Waals surface area (Å²) >= 11 is 0. The van der Waals surface area contributed by atoms with E-state index in [0.717, 1.165) is 0 Å². The van der Waals surface area contributed by atoms with Gasteiger partial charge in [-0.2, -0.15) is 0 Å². The molecule has 62 valence electrons. The van der Waals surface area contributed by atoms with Crippen molar-refractivity contribution in [3.8, 4) is 0 Å². The molecule has 0 aromatic carbocycles. The van der Waals surface area contributed by atoms with E-state index in [4.69, 9.17) is 0 Å². The average Bonchev–Trinajstić information content (AvgIpc) is 1.88. The number of nitrogens with zero attached hydrogens (tertiary/aromatic N) is 1. The van der Waals surface area contributed by atoms with Gasteiger partial charge in [0.05, 0.1) is 6.42 Å². The maximum Gasteiger partial charge on any atom is 0.244 e. The lowest BCUT2D eigenvalue weighted by Crippen LogP contribution is -1.97.